The van der Waals surface area contributed by atoms with Crippen molar-refractivity contribution in [3.63, 3.8) is 0 Å². The Bertz CT molecular complexity index is 780. The lowest BCUT2D eigenvalue weighted by Crippen LogP contribution is -2.46. The molecular formula is C19H19NO2. The van der Waals surface area contributed by atoms with Crippen molar-refractivity contribution in [1.82, 2.24) is 5.32 Å². The summed E-state index contributed by atoms with van der Waals surface area (Å²) in [5, 5.41) is 16.0. The van der Waals surface area contributed by atoms with Crippen LogP contribution in [0.4, 0.5) is 0 Å². The predicted octanol–water partition coefficient (Wildman–Crippen LogP) is 3.94. The summed E-state index contributed by atoms with van der Waals surface area (Å²) in [6.45, 7) is 0. The number of nitrogens with one attached hydrogen (secondary N) is 1. The van der Waals surface area contributed by atoms with Crippen molar-refractivity contribution in [3.05, 3.63) is 53.8 Å². The fraction of sp³-hybridized carbons (Fsp3) is 0.316. The van der Waals surface area contributed by atoms with Crippen molar-refractivity contribution < 1.29 is 9.90 Å². The number of hydrogen-bond acceptors (Lipinski definition) is 2. The Morgan fingerprint density at radius 1 is 0.955 bits per heavy atom. The molecule has 0 bridgehead atoms. The van der Waals surface area contributed by atoms with Crippen LogP contribution in [0.5, 0.6) is 0 Å². The third-order valence-electron chi connectivity index (χ3n) is 5.04. The lowest BCUT2D eigenvalue weighted by Gasteiger charge is -2.33. The summed E-state index contributed by atoms with van der Waals surface area (Å²) in [6, 6.07) is 13.9. The van der Waals surface area contributed by atoms with E-state index in [-0.39, 0.29) is 11.7 Å². The molecule has 1 saturated carbocycles. The molecule has 2 N–H and O–H groups in total. The number of benzene rings is 2. The van der Waals surface area contributed by atoms with E-state index in [9.17, 15) is 9.90 Å². The predicted molar refractivity (Wildman–Crippen MR) is 87.5 cm³/mol. The minimum atomic E-state index is -0.526. The number of rotatable bonds is 1. The highest BCUT2D eigenvalue weighted by atomic mass is 16.3. The quantitative estimate of drug-likeness (QED) is 0.836. The van der Waals surface area contributed by atoms with Crippen molar-refractivity contribution in [3.8, 4) is 0 Å². The molecule has 1 aliphatic carbocycles. The molecule has 0 atom stereocenters. The van der Waals surface area contributed by atoms with Gasteiger partial charge in [0.2, 0.25) is 0 Å². The molecular weight excluding hydrogens is 274 g/mol. The highest BCUT2D eigenvalue weighted by Gasteiger charge is 2.46. The molecule has 2 aromatic carbocycles. The smallest absolute Gasteiger partial charge is 0.256 e. The van der Waals surface area contributed by atoms with E-state index in [2.05, 4.69) is 5.32 Å². The molecule has 4 rings (SSSR count). The van der Waals surface area contributed by atoms with Gasteiger partial charge < -0.3 is 10.4 Å². The van der Waals surface area contributed by atoms with Gasteiger partial charge in [0.1, 0.15) is 5.76 Å². The van der Waals surface area contributed by atoms with Gasteiger partial charge in [0.15, 0.2) is 0 Å². The van der Waals surface area contributed by atoms with Crippen molar-refractivity contribution in [2.75, 3.05) is 0 Å². The number of aliphatic hydroxyl groups is 1. The summed E-state index contributed by atoms with van der Waals surface area (Å²) in [5.74, 6) is 0.101. The maximum Gasteiger partial charge on any atom is 0.256 e. The van der Waals surface area contributed by atoms with Crippen LogP contribution >= 0.6 is 0 Å². The van der Waals surface area contributed by atoms with Gasteiger partial charge in [-0.05, 0) is 29.2 Å². The standard InChI is InChI=1S/C19H19NO2/c21-17-16(18(22)20-19(17)11-4-1-5-12-19)15-10-6-8-13-7-2-3-9-14(13)15/h2-3,6-10,21H,1,4-5,11-12H2,(H,20,22). The maximum absolute atomic E-state index is 12.6. The molecule has 0 radical (unpaired) electrons. The molecule has 3 nitrogen and oxygen atoms in total. The summed E-state index contributed by atoms with van der Waals surface area (Å²) in [4.78, 5) is 12.6. The molecule has 1 spiro atoms. The van der Waals surface area contributed by atoms with Crippen LogP contribution in [0.3, 0.4) is 0 Å². The molecule has 1 fully saturated rings. The van der Waals surface area contributed by atoms with Gasteiger partial charge in [-0.2, -0.15) is 0 Å². The molecule has 1 aliphatic heterocycles. The molecule has 1 heterocycles. The summed E-state index contributed by atoms with van der Waals surface area (Å²) in [5.41, 5.74) is 0.760. The lowest BCUT2D eigenvalue weighted by atomic mass is 9.80. The first kappa shape index (κ1) is 13.4. The number of carbonyl (C=O) groups excluding carboxylic acids is 1. The Morgan fingerprint density at radius 2 is 1.68 bits per heavy atom. The Labute approximate surface area is 129 Å². The minimum Gasteiger partial charge on any atom is -0.509 e. The average Bonchev–Trinajstić information content (AvgIpc) is 2.78. The van der Waals surface area contributed by atoms with Crippen LogP contribution in [0, 0.1) is 0 Å². The van der Waals surface area contributed by atoms with Gasteiger partial charge in [-0.25, -0.2) is 0 Å². The van der Waals surface area contributed by atoms with Crippen LogP contribution in [0.25, 0.3) is 16.3 Å². The van der Waals surface area contributed by atoms with Gasteiger partial charge in [0.25, 0.3) is 5.91 Å². The highest BCUT2D eigenvalue weighted by molar-refractivity contribution is 6.26. The van der Waals surface area contributed by atoms with Gasteiger partial charge in [-0.3, -0.25) is 4.79 Å². The Kier molecular flexibility index (Phi) is 2.96. The summed E-state index contributed by atoms with van der Waals surface area (Å²) < 4.78 is 0. The van der Waals surface area contributed by atoms with Gasteiger partial charge in [0.05, 0.1) is 11.1 Å². The van der Waals surface area contributed by atoms with Crippen LogP contribution in [0.1, 0.15) is 37.7 Å². The molecule has 3 heteroatoms. The summed E-state index contributed by atoms with van der Waals surface area (Å²) in [6.07, 6.45) is 4.94. The first-order valence-electron chi connectivity index (χ1n) is 7.96. The van der Waals surface area contributed by atoms with E-state index >= 15 is 0 Å². The molecule has 2 aromatic rings. The number of hydrogen-bond donors (Lipinski definition) is 2. The van der Waals surface area contributed by atoms with Gasteiger partial charge in [-0.15, -0.1) is 0 Å². The lowest BCUT2D eigenvalue weighted by molar-refractivity contribution is -0.116. The normalized spacial score (nSPS) is 20.6. The van der Waals surface area contributed by atoms with Crippen LogP contribution in [0.15, 0.2) is 48.2 Å². The SMILES string of the molecule is O=C1NC2(CCCCC2)C(O)=C1c1cccc2ccccc12. The second-order valence-corrected chi connectivity index (χ2v) is 6.35. The fourth-order valence-electron chi connectivity index (χ4n) is 3.90. The Balaban J connectivity index is 1.91. The van der Waals surface area contributed by atoms with Crippen LogP contribution in [-0.4, -0.2) is 16.6 Å². The van der Waals surface area contributed by atoms with E-state index in [1.54, 1.807) is 0 Å². The molecule has 0 aromatic heterocycles. The first-order valence-corrected chi connectivity index (χ1v) is 7.96. The molecule has 1 amide bonds. The maximum atomic E-state index is 12.6. The third kappa shape index (κ3) is 1.85. The third-order valence-corrected chi connectivity index (χ3v) is 5.04. The number of carbonyl (C=O) groups is 1. The first-order chi connectivity index (χ1) is 10.7. The molecule has 2 aliphatic rings. The minimum absolute atomic E-state index is 0.143. The van der Waals surface area contributed by atoms with Gasteiger partial charge in [0, 0.05) is 0 Å². The van der Waals surface area contributed by atoms with E-state index in [0.29, 0.717) is 5.57 Å². The van der Waals surface area contributed by atoms with Crippen molar-refractivity contribution >= 4 is 22.3 Å². The monoisotopic (exact) mass is 293 g/mol. The fourth-order valence-corrected chi connectivity index (χ4v) is 3.90. The number of amides is 1. The largest absolute Gasteiger partial charge is 0.509 e. The van der Waals surface area contributed by atoms with Crippen molar-refractivity contribution in [2.24, 2.45) is 0 Å². The van der Waals surface area contributed by atoms with E-state index in [4.69, 9.17) is 0 Å². The van der Waals surface area contributed by atoms with Crippen LogP contribution in [-0.2, 0) is 4.79 Å². The van der Waals surface area contributed by atoms with Crippen LogP contribution in [0.2, 0.25) is 0 Å². The van der Waals surface area contributed by atoms with E-state index < -0.39 is 5.54 Å². The number of fused-ring (bicyclic) bond motifs is 1. The summed E-state index contributed by atoms with van der Waals surface area (Å²) in [7, 11) is 0. The second-order valence-electron chi connectivity index (χ2n) is 6.35. The van der Waals surface area contributed by atoms with Crippen molar-refractivity contribution in [1.29, 1.82) is 0 Å². The zero-order valence-electron chi connectivity index (χ0n) is 12.4. The van der Waals surface area contributed by atoms with E-state index in [1.165, 1.54) is 6.42 Å². The molecule has 0 unspecified atom stereocenters. The zero-order valence-corrected chi connectivity index (χ0v) is 12.4. The van der Waals surface area contributed by atoms with Gasteiger partial charge in [-0.1, -0.05) is 61.7 Å². The van der Waals surface area contributed by atoms with Gasteiger partial charge >= 0.3 is 0 Å². The highest BCUT2D eigenvalue weighted by Crippen LogP contribution is 2.42. The Hall–Kier alpha value is -2.29. The molecule has 112 valence electrons. The average molecular weight is 293 g/mol. The molecule has 0 saturated heterocycles. The topological polar surface area (TPSA) is 49.3 Å². The van der Waals surface area contributed by atoms with Crippen molar-refractivity contribution in [2.45, 2.75) is 37.6 Å². The van der Waals surface area contributed by atoms with Crippen LogP contribution < -0.4 is 5.32 Å². The zero-order chi connectivity index (χ0) is 15.2. The second kappa shape index (κ2) is 4.87. The summed E-state index contributed by atoms with van der Waals surface area (Å²) >= 11 is 0. The Morgan fingerprint density at radius 3 is 2.50 bits per heavy atom. The van der Waals surface area contributed by atoms with E-state index in [0.717, 1.165) is 42.0 Å². The van der Waals surface area contributed by atoms with E-state index in [1.807, 2.05) is 42.5 Å². The molecule has 22 heavy (non-hydrogen) atoms. The number of aliphatic hydroxyl groups excluding tert-OH is 1.